The number of hydrogen-bond acceptors (Lipinski definition) is 3. The molecule has 0 radical (unpaired) electrons. The summed E-state index contributed by atoms with van der Waals surface area (Å²) in [5, 5.41) is 19.4. The standard InChI is InChI=1S/C9H7BrFNO4/c10-4-5-1-6(11)2-8(12(15)16)7(5)3-9(13)14/h1-2H,3-4H2,(H,13,14). The monoisotopic (exact) mass is 291 g/mol. The van der Waals surface area contributed by atoms with Crippen molar-refractivity contribution in [3.8, 4) is 0 Å². The molecule has 0 aliphatic carbocycles. The summed E-state index contributed by atoms with van der Waals surface area (Å²) in [4.78, 5) is 20.4. The minimum absolute atomic E-state index is 0.0239. The Hall–Kier alpha value is -1.50. The maximum Gasteiger partial charge on any atom is 0.308 e. The van der Waals surface area contributed by atoms with Gasteiger partial charge in [0.1, 0.15) is 5.82 Å². The summed E-state index contributed by atoms with van der Waals surface area (Å²) in [7, 11) is 0. The minimum atomic E-state index is -1.20. The predicted molar refractivity (Wildman–Crippen MR) is 57.0 cm³/mol. The molecule has 0 saturated carbocycles. The van der Waals surface area contributed by atoms with Gasteiger partial charge in [-0.2, -0.15) is 0 Å². The molecule has 1 N–H and O–H groups in total. The average molecular weight is 292 g/mol. The maximum atomic E-state index is 13.0. The van der Waals surface area contributed by atoms with Crippen LogP contribution in [0, 0.1) is 15.9 Å². The predicted octanol–water partition coefficient (Wildman–Crippen LogP) is 2.26. The lowest BCUT2D eigenvalue weighted by Gasteiger charge is -2.06. The molecule has 1 rings (SSSR count). The van der Waals surface area contributed by atoms with Crippen LogP contribution in [-0.4, -0.2) is 16.0 Å². The second-order valence-corrected chi connectivity index (χ2v) is 3.58. The molecule has 86 valence electrons. The van der Waals surface area contributed by atoms with E-state index < -0.39 is 28.8 Å². The van der Waals surface area contributed by atoms with Gasteiger partial charge in [0.15, 0.2) is 0 Å². The van der Waals surface area contributed by atoms with Crippen molar-refractivity contribution in [2.24, 2.45) is 0 Å². The Morgan fingerprint density at radius 3 is 2.62 bits per heavy atom. The van der Waals surface area contributed by atoms with Gasteiger partial charge in [-0.3, -0.25) is 14.9 Å². The summed E-state index contributed by atoms with van der Waals surface area (Å²) in [5.41, 5.74) is -0.207. The highest BCUT2D eigenvalue weighted by Crippen LogP contribution is 2.26. The van der Waals surface area contributed by atoms with Gasteiger partial charge in [0.2, 0.25) is 0 Å². The molecule has 0 aliphatic rings. The number of carboxylic acids is 1. The third-order valence-electron chi connectivity index (χ3n) is 1.95. The van der Waals surface area contributed by atoms with Gasteiger partial charge in [-0.1, -0.05) is 15.9 Å². The second-order valence-electron chi connectivity index (χ2n) is 3.02. The fourth-order valence-corrected chi connectivity index (χ4v) is 1.82. The van der Waals surface area contributed by atoms with Crippen LogP contribution in [0.25, 0.3) is 0 Å². The highest BCUT2D eigenvalue weighted by molar-refractivity contribution is 9.08. The van der Waals surface area contributed by atoms with E-state index in [4.69, 9.17) is 5.11 Å². The van der Waals surface area contributed by atoms with Crippen LogP contribution in [0.4, 0.5) is 10.1 Å². The molecule has 0 bridgehead atoms. The molecule has 0 heterocycles. The first kappa shape index (κ1) is 12.6. The Morgan fingerprint density at radius 1 is 1.56 bits per heavy atom. The molecule has 0 unspecified atom stereocenters. The van der Waals surface area contributed by atoms with Crippen LogP contribution >= 0.6 is 15.9 Å². The molecular formula is C9H7BrFNO4. The SMILES string of the molecule is O=C(O)Cc1c(CBr)cc(F)cc1[N+](=O)[O-]. The number of halogens is 2. The van der Waals surface area contributed by atoms with Gasteiger partial charge < -0.3 is 5.11 Å². The topological polar surface area (TPSA) is 80.4 Å². The Balaban J connectivity index is 3.38. The van der Waals surface area contributed by atoms with Crippen LogP contribution in [0.15, 0.2) is 12.1 Å². The Morgan fingerprint density at radius 2 is 2.19 bits per heavy atom. The molecule has 7 heteroatoms. The number of nitro benzene ring substituents is 1. The van der Waals surface area contributed by atoms with Crippen LogP contribution in [0.5, 0.6) is 0 Å². The van der Waals surface area contributed by atoms with Gasteiger partial charge >= 0.3 is 5.97 Å². The fourth-order valence-electron chi connectivity index (χ4n) is 1.31. The Kier molecular flexibility index (Phi) is 3.94. The molecule has 0 aromatic heterocycles. The van der Waals surface area contributed by atoms with E-state index in [2.05, 4.69) is 15.9 Å². The first-order valence-electron chi connectivity index (χ1n) is 4.19. The molecule has 0 saturated heterocycles. The number of nitrogens with zero attached hydrogens (tertiary/aromatic N) is 1. The number of nitro groups is 1. The van der Waals surface area contributed by atoms with Crippen LogP contribution in [0.1, 0.15) is 11.1 Å². The van der Waals surface area contributed by atoms with E-state index in [1.54, 1.807) is 0 Å². The summed E-state index contributed by atoms with van der Waals surface area (Å²) in [6, 6.07) is 1.81. The van der Waals surface area contributed by atoms with Crippen molar-refractivity contribution in [2.45, 2.75) is 11.8 Å². The smallest absolute Gasteiger partial charge is 0.308 e. The van der Waals surface area contributed by atoms with Crippen LogP contribution in [0.2, 0.25) is 0 Å². The molecule has 0 spiro atoms. The summed E-state index contributed by atoms with van der Waals surface area (Å²) < 4.78 is 13.0. The summed E-state index contributed by atoms with van der Waals surface area (Å²) in [5.74, 6) is -1.95. The molecular weight excluding hydrogens is 285 g/mol. The van der Waals surface area contributed by atoms with Gasteiger partial charge in [-0.05, 0) is 11.6 Å². The third-order valence-corrected chi connectivity index (χ3v) is 2.56. The van der Waals surface area contributed by atoms with Crippen molar-refractivity contribution in [3.63, 3.8) is 0 Å². The number of hydrogen-bond donors (Lipinski definition) is 1. The number of rotatable bonds is 4. The summed E-state index contributed by atoms with van der Waals surface area (Å²) in [6.07, 6.45) is -0.502. The molecule has 1 aromatic rings. The van der Waals surface area contributed by atoms with Gasteiger partial charge in [0.25, 0.3) is 5.69 Å². The molecule has 0 fully saturated rings. The van der Waals surface area contributed by atoms with Crippen molar-refractivity contribution >= 4 is 27.6 Å². The lowest BCUT2D eigenvalue weighted by atomic mass is 10.0. The van der Waals surface area contributed by atoms with Crippen molar-refractivity contribution in [2.75, 3.05) is 0 Å². The largest absolute Gasteiger partial charge is 0.481 e. The fraction of sp³-hybridized carbons (Fsp3) is 0.222. The zero-order valence-electron chi connectivity index (χ0n) is 7.94. The normalized spacial score (nSPS) is 10.1. The highest BCUT2D eigenvalue weighted by atomic mass is 79.9. The van der Waals surface area contributed by atoms with E-state index in [1.807, 2.05) is 0 Å². The number of carboxylic acid groups (broad SMARTS) is 1. The number of alkyl halides is 1. The maximum absolute atomic E-state index is 13.0. The highest BCUT2D eigenvalue weighted by Gasteiger charge is 2.21. The second kappa shape index (κ2) is 5.02. The van der Waals surface area contributed by atoms with Crippen molar-refractivity contribution < 1.29 is 19.2 Å². The minimum Gasteiger partial charge on any atom is -0.481 e. The number of carbonyl (C=O) groups is 1. The van der Waals surface area contributed by atoms with E-state index >= 15 is 0 Å². The lowest BCUT2D eigenvalue weighted by Crippen LogP contribution is -2.07. The van der Waals surface area contributed by atoms with Crippen molar-refractivity contribution in [3.05, 3.63) is 39.2 Å². The van der Waals surface area contributed by atoms with Crippen molar-refractivity contribution in [1.29, 1.82) is 0 Å². The Bertz CT molecular complexity index is 449. The Labute approximate surface area is 98.2 Å². The molecule has 1 aromatic carbocycles. The quantitative estimate of drug-likeness (QED) is 0.524. The van der Waals surface area contributed by atoms with Crippen molar-refractivity contribution in [1.82, 2.24) is 0 Å². The number of benzene rings is 1. The lowest BCUT2D eigenvalue weighted by molar-refractivity contribution is -0.385. The van der Waals surface area contributed by atoms with E-state index in [0.29, 0.717) is 0 Å². The molecule has 0 atom stereocenters. The molecule has 0 aliphatic heterocycles. The van der Waals surface area contributed by atoms with Crippen LogP contribution in [-0.2, 0) is 16.5 Å². The van der Waals surface area contributed by atoms with Gasteiger partial charge in [-0.15, -0.1) is 0 Å². The van der Waals surface area contributed by atoms with Gasteiger partial charge in [0, 0.05) is 10.9 Å². The summed E-state index contributed by atoms with van der Waals surface area (Å²) in [6.45, 7) is 0. The van der Waals surface area contributed by atoms with Crippen LogP contribution in [0.3, 0.4) is 0 Å². The molecule has 16 heavy (non-hydrogen) atoms. The number of aliphatic carboxylic acids is 1. The molecule has 5 nitrogen and oxygen atoms in total. The zero-order valence-corrected chi connectivity index (χ0v) is 9.53. The van der Waals surface area contributed by atoms with E-state index in [9.17, 15) is 19.3 Å². The summed E-state index contributed by atoms with van der Waals surface area (Å²) >= 11 is 3.03. The van der Waals surface area contributed by atoms with Gasteiger partial charge in [0.05, 0.1) is 17.4 Å². The van der Waals surface area contributed by atoms with E-state index in [0.717, 1.165) is 12.1 Å². The first-order chi connectivity index (χ1) is 7.45. The van der Waals surface area contributed by atoms with E-state index in [-0.39, 0.29) is 16.5 Å². The zero-order chi connectivity index (χ0) is 12.3. The third kappa shape index (κ3) is 2.75. The van der Waals surface area contributed by atoms with Crippen LogP contribution < -0.4 is 0 Å². The average Bonchev–Trinajstić information content (AvgIpc) is 2.19. The van der Waals surface area contributed by atoms with Gasteiger partial charge in [-0.25, -0.2) is 4.39 Å². The first-order valence-corrected chi connectivity index (χ1v) is 5.31. The molecule has 0 amide bonds. The van der Waals surface area contributed by atoms with E-state index in [1.165, 1.54) is 0 Å².